The molecule has 0 bridgehead atoms. The van der Waals surface area contributed by atoms with Gasteiger partial charge in [0.05, 0.1) is 41.8 Å². The molecule has 0 spiro atoms. The van der Waals surface area contributed by atoms with E-state index in [4.69, 9.17) is 0 Å². The minimum Gasteiger partial charge on any atom is -0.394 e. The van der Waals surface area contributed by atoms with E-state index in [-0.39, 0.29) is 18.7 Å². The molecule has 3 N–H and O–H groups in total. The molecular weight excluding hydrogens is 372 g/mol. The van der Waals surface area contributed by atoms with Crippen molar-refractivity contribution in [3.05, 3.63) is 30.0 Å². The van der Waals surface area contributed by atoms with Crippen LogP contribution in [0.2, 0.25) is 0 Å². The largest absolute Gasteiger partial charge is 0.394 e. The Morgan fingerprint density at radius 1 is 1.42 bits per heavy atom. The van der Waals surface area contributed by atoms with E-state index in [1.807, 2.05) is 24.3 Å². The summed E-state index contributed by atoms with van der Waals surface area (Å²) >= 11 is 1.61. The standard InChI is InChI=1S/C17H22N4O3S2/c1-26(23,24)21(13-5-6-18-8-13)15-4-2-3-11-7-14(20-16(11)15)17-19-12(9-22)10-25-17/h2-4,7,12-13,18,20,22H,5-6,8-10H2,1H3/t12-,13?/m1/s1. The minimum absolute atomic E-state index is 0.0402. The van der Waals surface area contributed by atoms with Crippen molar-refractivity contribution in [3.63, 3.8) is 0 Å². The van der Waals surface area contributed by atoms with Crippen molar-refractivity contribution in [2.24, 2.45) is 4.99 Å². The zero-order valence-corrected chi connectivity index (χ0v) is 16.1. The summed E-state index contributed by atoms with van der Waals surface area (Å²) < 4.78 is 26.6. The van der Waals surface area contributed by atoms with Gasteiger partial charge in [-0.05, 0) is 25.1 Å². The van der Waals surface area contributed by atoms with Crippen LogP contribution in [0.4, 0.5) is 5.69 Å². The van der Waals surface area contributed by atoms with E-state index in [1.165, 1.54) is 10.6 Å². The van der Waals surface area contributed by atoms with Crippen LogP contribution in [0.1, 0.15) is 12.1 Å². The second-order valence-corrected chi connectivity index (χ2v) is 9.58. The fourth-order valence-electron chi connectivity index (χ4n) is 3.58. The zero-order chi connectivity index (χ0) is 18.3. The lowest BCUT2D eigenvalue weighted by Gasteiger charge is -2.28. The van der Waals surface area contributed by atoms with Crippen LogP contribution in [0.3, 0.4) is 0 Å². The Hall–Kier alpha value is -1.55. The smallest absolute Gasteiger partial charge is 0.232 e. The second-order valence-electron chi connectivity index (χ2n) is 6.71. The molecule has 1 saturated heterocycles. The summed E-state index contributed by atoms with van der Waals surface area (Å²) in [5.74, 6) is 0.761. The molecule has 0 aliphatic carbocycles. The molecule has 2 aliphatic rings. The van der Waals surface area contributed by atoms with Gasteiger partial charge in [0.2, 0.25) is 10.0 Å². The monoisotopic (exact) mass is 394 g/mol. The van der Waals surface area contributed by atoms with Gasteiger partial charge in [-0.3, -0.25) is 9.30 Å². The summed E-state index contributed by atoms with van der Waals surface area (Å²) in [7, 11) is -3.41. The Labute approximate surface area is 156 Å². The number of nitrogens with zero attached hydrogens (tertiary/aromatic N) is 2. The molecule has 140 valence electrons. The van der Waals surface area contributed by atoms with Gasteiger partial charge >= 0.3 is 0 Å². The SMILES string of the molecule is CS(=O)(=O)N(c1cccc2cc(C3=N[C@H](CO)CS3)[nH]c12)C1CCNC1. The number of aliphatic hydroxyl groups excluding tert-OH is 1. The molecule has 4 rings (SSSR count). The number of aromatic amines is 1. The molecule has 1 aromatic carbocycles. The third-order valence-electron chi connectivity index (χ3n) is 4.75. The Kier molecular flexibility index (Phi) is 4.72. The fourth-order valence-corrected chi connectivity index (χ4v) is 5.83. The highest BCUT2D eigenvalue weighted by atomic mass is 32.2. The molecule has 0 radical (unpaired) electrons. The van der Waals surface area contributed by atoms with E-state index < -0.39 is 10.0 Å². The predicted octanol–water partition coefficient (Wildman–Crippen LogP) is 1.15. The maximum absolute atomic E-state index is 12.5. The summed E-state index contributed by atoms with van der Waals surface area (Å²) in [5, 5.41) is 14.3. The number of hydrogen-bond donors (Lipinski definition) is 3. The number of H-pyrrole nitrogens is 1. The lowest BCUT2D eigenvalue weighted by atomic mass is 10.2. The Morgan fingerprint density at radius 2 is 2.27 bits per heavy atom. The first kappa shape index (κ1) is 17.8. The quantitative estimate of drug-likeness (QED) is 0.707. The van der Waals surface area contributed by atoms with Gasteiger partial charge in [-0.25, -0.2) is 8.42 Å². The highest BCUT2D eigenvalue weighted by Crippen LogP contribution is 2.33. The maximum Gasteiger partial charge on any atom is 0.232 e. The molecule has 3 heterocycles. The van der Waals surface area contributed by atoms with Crippen LogP contribution >= 0.6 is 11.8 Å². The first-order chi connectivity index (χ1) is 12.5. The number of aliphatic hydroxyl groups is 1. The van der Waals surface area contributed by atoms with E-state index in [9.17, 15) is 13.5 Å². The lowest BCUT2D eigenvalue weighted by Crippen LogP contribution is -2.41. The number of thioether (sulfide) groups is 1. The number of rotatable bonds is 5. The van der Waals surface area contributed by atoms with E-state index in [1.54, 1.807) is 11.8 Å². The van der Waals surface area contributed by atoms with Crippen molar-refractivity contribution in [1.29, 1.82) is 0 Å². The number of hydrogen-bond acceptors (Lipinski definition) is 6. The topological polar surface area (TPSA) is 97.8 Å². The van der Waals surface area contributed by atoms with Gasteiger partial charge in [0.1, 0.15) is 5.04 Å². The van der Waals surface area contributed by atoms with Gasteiger partial charge in [0.25, 0.3) is 0 Å². The fraction of sp³-hybridized carbons (Fsp3) is 0.471. The van der Waals surface area contributed by atoms with Crippen molar-refractivity contribution in [1.82, 2.24) is 10.3 Å². The molecule has 0 saturated carbocycles. The number of sulfonamides is 1. The van der Waals surface area contributed by atoms with Crippen molar-refractivity contribution >= 4 is 43.4 Å². The number of anilines is 1. The van der Waals surface area contributed by atoms with Gasteiger partial charge < -0.3 is 15.4 Å². The number of nitrogens with one attached hydrogen (secondary N) is 2. The molecular formula is C17H22N4O3S2. The average molecular weight is 395 g/mol. The van der Waals surface area contributed by atoms with Crippen molar-refractivity contribution in [3.8, 4) is 0 Å². The summed E-state index contributed by atoms with van der Waals surface area (Å²) in [5.41, 5.74) is 2.34. The molecule has 0 amide bonds. The third kappa shape index (κ3) is 3.24. The number of aliphatic imine (C=N–C) groups is 1. The van der Waals surface area contributed by atoms with Crippen LogP contribution in [0.15, 0.2) is 29.3 Å². The van der Waals surface area contributed by atoms with E-state index in [2.05, 4.69) is 15.3 Å². The molecule has 1 fully saturated rings. The van der Waals surface area contributed by atoms with Crippen molar-refractivity contribution in [2.45, 2.75) is 18.5 Å². The molecule has 26 heavy (non-hydrogen) atoms. The summed E-state index contributed by atoms with van der Waals surface area (Å²) in [6.07, 6.45) is 2.05. The number of para-hydroxylation sites is 1. The third-order valence-corrected chi connectivity index (χ3v) is 7.11. The van der Waals surface area contributed by atoms with Gasteiger partial charge in [-0.2, -0.15) is 0 Å². The Bertz CT molecular complexity index is 948. The molecule has 2 aliphatic heterocycles. The normalized spacial score (nSPS) is 23.5. The van der Waals surface area contributed by atoms with Crippen molar-refractivity contribution in [2.75, 3.05) is 36.0 Å². The predicted molar refractivity (Wildman–Crippen MR) is 107 cm³/mol. The molecule has 1 aromatic heterocycles. The molecule has 7 nitrogen and oxygen atoms in total. The number of fused-ring (bicyclic) bond motifs is 1. The Morgan fingerprint density at radius 3 is 2.92 bits per heavy atom. The van der Waals surface area contributed by atoms with Crippen LogP contribution in [0.25, 0.3) is 10.9 Å². The molecule has 2 aromatic rings. The summed E-state index contributed by atoms with van der Waals surface area (Å²) in [6.45, 7) is 1.51. The lowest BCUT2D eigenvalue weighted by molar-refractivity contribution is 0.277. The second kappa shape index (κ2) is 6.88. The van der Waals surface area contributed by atoms with Gasteiger partial charge in [-0.1, -0.05) is 12.1 Å². The van der Waals surface area contributed by atoms with Gasteiger partial charge in [0, 0.05) is 17.7 Å². The van der Waals surface area contributed by atoms with Crippen LogP contribution in [-0.4, -0.2) is 67.3 Å². The van der Waals surface area contributed by atoms with Crippen LogP contribution in [-0.2, 0) is 10.0 Å². The summed E-state index contributed by atoms with van der Waals surface area (Å²) in [6, 6.07) is 7.54. The highest BCUT2D eigenvalue weighted by molar-refractivity contribution is 8.14. The molecule has 9 heteroatoms. The maximum atomic E-state index is 12.5. The molecule has 1 unspecified atom stereocenters. The minimum atomic E-state index is -3.41. The zero-order valence-electron chi connectivity index (χ0n) is 14.5. The molecule has 2 atom stereocenters. The van der Waals surface area contributed by atoms with Crippen molar-refractivity contribution < 1.29 is 13.5 Å². The Balaban J connectivity index is 1.80. The van der Waals surface area contributed by atoms with E-state index in [0.717, 1.165) is 40.4 Å². The van der Waals surface area contributed by atoms with E-state index >= 15 is 0 Å². The van der Waals surface area contributed by atoms with Gasteiger partial charge in [-0.15, -0.1) is 11.8 Å². The average Bonchev–Trinajstić information content (AvgIpc) is 3.33. The first-order valence-electron chi connectivity index (χ1n) is 8.61. The summed E-state index contributed by atoms with van der Waals surface area (Å²) in [4.78, 5) is 7.90. The highest BCUT2D eigenvalue weighted by Gasteiger charge is 2.31. The van der Waals surface area contributed by atoms with Gasteiger partial charge in [0.15, 0.2) is 0 Å². The van der Waals surface area contributed by atoms with Crippen LogP contribution < -0.4 is 9.62 Å². The van der Waals surface area contributed by atoms with Crippen LogP contribution in [0.5, 0.6) is 0 Å². The number of benzene rings is 1. The first-order valence-corrected chi connectivity index (χ1v) is 11.4. The van der Waals surface area contributed by atoms with E-state index in [0.29, 0.717) is 12.2 Å². The number of aromatic nitrogens is 1. The van der Waals surface area contributed by atoms with Crippen LogP contribution in [0, 0.1) is 0 Å².